The zero-order chi connectivity index (χ0) is 28.1. The molecule has 1 saturated carbocycles. The number of halogens is 1. The maximum Gasteiger partial charge on any atom is 0.338 e. The fourth-order valence-corrected chi connectivity index (χ4v) is 4.15. The van der Waals surface area contributed by atoms with Crippen molar-refractivity contribution in [2.75, 3.05) is 17.2 Å². The number of carbonyl (C=O) groups excluding carboxylic acids is 3. The number of hydrogen-bond acceptors (Lipinski definition) is 6. The molecule has 40 heavy (non-hydrogen) atoms. The molecule has 0 radical (unpaired) electrons. The van der Waals surface area contributed by atoms with Crippen LogP contribution in [-0.4, -0.2) is 29.4 Å². The number of esters is 1. The minimum atomic E-state index is -0.644. The van der Waals surface area contributed by atoms with Gasteiger partial charge >= 0.3 is 5.97 Å². The number of anilines is 2. The predicted molar refractivity (Wildman–Crippen MR) is 149 cm³/mol. The number of hydrogen-bond donors (Lipinski definition) is 3. The highest BCUT2D eigenvalue weighted by atomic mass is 19.1. The van der Waals surface area contributed by atoms with Crippen molar-refractivity contribution in [2.45, 2.75) is 19.4 Å². The van der Waals surface area contributed by atoms with Gasteiger partial charge in [0.2, 0.25) is 0 Å². The predicted octanol–water partition coefficient (Wildman–Crippen LogP) is 5.42. The van der Waals surface area contributed by atoms with Gasteiger partial charge in [-0.25, -0.2) is 9.18 Å². The molecule has 1 heterocycles. The van der Waals surface area contributed by atoms with E-state index in [1.165, 1.54) is 12.3 Å². The Morgan fingerprint density at radius 2 is 1.65 bits per heavy atom. The van der Waals surface area contributed by atoms with Crippen LogP contribution < -0.4 is 16.4 Å². The van der Waals surface area contributed by atoms with Crippen molar-refractivity contribution in [3.05, 3.63) is 113 Å². The lowest BCUT2D eigenvalue weighted by Crippen LogP contribution is -2.14. The number of pyridine rings is 1. The molecule has 5 rings (SSSR count). The highest BCUT2D eigenvalue weighted by molar-refractivity contribution is 6.07. The molecule has 4 N–H and O–H groups in total. The average Bonchev–Trinajstić information content (AvgIpc) is 3.81. The molecule has 1 aliphatic carbocycles. The van der Waals surface area contributed by atoms with E-state index < -0.39 is 17.7 Å². The normalized spacial score (nSPS) is 12.4. The average molecular weight is 539 g/mol. The molecular weight excluding hydrogens is 511 g/mol. The number of aromatic nitrogens is 1. The van der Waals surface area contributed by atoms with Crippen LogP contribution in [0.4, 0.5) is 15.8 Å². The molecule has 4 aromatic rings. The van der Waals surface area contributed by atoms with E-state index in [-0.39, 0.29) is 18.1 Å². The number of nitrogens with zero attached hydrogens (tertiary/aromatic N) is 1. The van der Waals surface area contributed by atoms with Gasteiger partial charge in [-0.05, 0) is 84.0 Å². The van der Waals surface area contributed by atoms with Crippen molar-refractivity contribution in [3.8, 4) is 11.1 Å². The molecule has 3 aromatic carbocycles. The molecule has 0 atom stereocenters. The van der Waals surface area contributed by atoms with Crippen LogP contribution in [-0.2, 0) is 11.3 Å². The van der Waals surface area contributed by atoms with Gasteiger partial charge in [0.05, 0.1) is 24.1 Å². The first-order valence-electron chi connectivity index (χ1n) is 12.8. The second-order valence-corrected chi connectivity index (χ2v) is 9.54. The number of amides is 2. The lowest BCUT2D eigenvalue weighted by Gasteiger charge is -2.13. The van der Waals surface area contributed by atoms with Crippen LogP contribution in [0.3, 0.4) is 0 Å². The summed E-state index contributed by atoms with van der Waals surface area (Å²) in [6.45, 7) is 0.618. The smallest absolute Gasteiger partial charge is 0.338 e. The Hall–Kier alpha value is -4.89. The molecule has 0 bridgehead atoms. The topological polar surface area (TPSA) is 123 Å². The molecule has 202 valence electrons. The molecule has 1 aliphatic rings. The largest absolute Gasteiger partial charge is 0.462 e. The van der Waals surface area contributed by atoms with E-state index in [1.807, 2.05) is 6.07 Å². The van der Waals surface area contributed by atoms with Crippen molar-refractivity contribution in [2.24, 2.45) is 11.7 Å². The van der Waals surface area contributed by atoms with E-state index in [0.717, 1.165) is 24.6 Å². The number of benzene rings is 3. The van der Waals surface area contributed by atoms with Crippen LogP contribution in [0, 0.1) is 11.7 Å². The molecule has 0 saturated heterocycles. The Kier molecular flexibility index (Phi) is 7.93. The molecule has 1 fully saturated rings. The van der Waals surface area contributed by atoms with Crippen molar-refractivity contribution in [3.63, 3.8) is 0 Å². The van der Waals surface area contributed by atoms with Gasteiger partial charge in [-0.3, -0.25) is 14.6 Å². The van der Waals surface area contributed by atoms with Crippen molar-refractivity contribution < 1.29 is 23.5 Å². The second-order valence-electron chi connectivity index (χ2n) is 9.54. The van der Waals surface area contributed by atoms with Gasteiger partial charge in [0.25, 0.3) is 11.8 Å². The minimum Gasteiger partial charge on any atom is -0.462 e. The Bertz CT molecular complexity index is 1590. The summed E-state index contributed by atoms with van der Waals surface area (Å²) in [6, 6.07) is 19.9. The summed E-state index contributed by atoms with van der Waals surface area (Å²) in [6.07, 6.45) is 4.57. The van der Waals surface area contributed by atoms with Crippen LogP contribution >= 0.6 is 0 Å². The third-order valence-corrected chi connectivity index (χ3v) is 6.55. The number of nitrogens with one attached hydrogen (secondary N) is 2. The first-order valence-corrected chi connectivity index (χ1v) is 12.8. The molecule has 8 nitrogen and oxygen atoms in total. The molecule has 2 amide bonds. The summed E-state index contributed by atoms with van der Waals surface area (Å²) in [5, 5.41) is 5.37. The third-order valence-electron chi connectivity index (χ3n) is 6.55. The molecule has 0 unspecified atom stereocenters. The summed E-state index contributed by atoms with van der Waals surface area (Å²) in [5.41, 5.74) is 9.58. The van der Waals surface area contributed by atoms with E-state index in [9.17, 15) is 18.8 Å². The number of rotatable bonds is 9. The van der Waals surface area contributed by atoms with E-state index in [2.05, 4.69) is 15.6 Å². The van der Waals surface area contributed by atoms with Crippen LogP contribution in [0.25, 0.3) is 11.1 Å². The van der Waals surface area contributed by atoms with Crippen molar-refractivity contribution in [1.29, 1.82) is 0 Å². The van der Waals surface area contributed by atoms with E-state index in [0.29, 0.717) is 46.0 Å². The van der Waals surface area contributed by atoms with Gasteiger partial charge in [0, 0.05) is 29.6 Å². The van der Waals surface area contributed by atoms with Gasteiger partial charge in [0.1, 0.15) is 0 Å². The fourth-order valence-electron chi connectivity index (χ4n) is 4.15. The SMILES string of the molecule is NCc1ccc(C(=O)Nc2ccncc2F)cc1-c1cccc(C(=O)Nc2cccc(C(=O)OCC3CC3)c2)c1. The summed E-state index contributed by atoms with van der Waals surface area (Å²) >= 11 is 0. The van der Waals surface area contributed by atoms with Gasteiger partial charge in [0.15, 0.2) is 5.82 Å². The first-order chi connectivity index (χ1) is 19.4. The second kappa shape index (κ2) is 11.9. The highest BCUT2D eigenvalue weighted by Gasteiger charge is 2.23. The van der Waals surface area contributed by atoms with Crippen LogP contribution in [0.2, 0.25) is 0 Å². The number of nitrogens with two attached hydrogens (primary N) is 1. The Labute approximate surface area is 230 Å². The van der Waals surface area contributed by atoms with Crippen LogP contribution in [0.15, 0.2) is 85.2 Å². The lowest BCUT2D eigenvalue weighted by atomic mass is 9.95. The zero-order valence-electron chi connectivity index (χ0n) is 21.5. The zero-order valence-corrected chi connectivity index (χ0v) is 21.5. The third kappa shape index (κ3) is 6.39. The summed E-state index contributed by atoms with van der Waals surface area (Å²) in [4.78, 5) is 42.0. The van der Waals surface area contributed by atoms with E-state index >= 15 is 0 Å². The first kappa shape index (κ1) is 26.7. The maximum atomic E-state index is 14.0. The monoisotopic (exact) mass is 538 g/mol. The van der Waals surface area contributed by atoms with E-state index in [4.69, 9.17) is 10.5 Å². The molecule has 0 spiro atoms. The van der Waals surface area contributed by atoms with Gasteiger partial charge in [-0.15, -0.1) is 0 Å². The van der Waals surface area contributed by atoms with E-state index in [1.54, 1.807) is 60.7 Å². The molecule has 1 aromatic heterocycles. The summed E-state index contributed by atoms with van der Waals surface area (Å²) in [5.74, 6) is -1.48. The van der Waals surface area contributed by atoms with Gasteiger partial charge in [-0.1, -0.05) is 24.3 Å². The molecule has 0 aliphatic heterocycles. The Morgan fingerprint density at radius 3 is 2.42 bits per heavy atom. The summed E-state index contributed by atoms with van der Waals surface area (Å²) < 4.78 is 19.3. The highest BCUT2D eigenvalue weighted by Crippen LogP contribution is 2.29. The number of carbonyl (C=O) groups is 3. The fraction of sp³-hybridized carbons (Fsp3) is 0.161. The number of ether oxygens (including phenoxy) is 1. The standard InChI is InChI=1S/C31H27FN4O4/c32-27-17-34-12-11-28(27)36-30(38)22-9-10-24(16-33)26(15-22)20-3-1-4-21(13-20)29(37)35-25-6-2-5-23(14-25)31(39)40-18-19-7-8-19/h1-6,9-15,17,19H,7-8,16,18,33H2,(H,35,37)(H,34,36,38). The lowest BCUT2D eigenvalue weighted by molar-refractivity contribution is 0.0486. The van der Waals surface area contributed by atoms with Crippen LogP contribution in [0.1, 0.15) is 49.5 Å². The van der Waals surface area contributed by atoms with Gasteiger partial charge < -0.3 is 21.1 Å². The van der Waals surface area contributed by atoms with Gasteiger partial charge in [-0.2, -0.15) is 0 Å². The van der Waals surface area contributed by atoms with Crippen LogP contribution in [0.5, 0.6) is 0 Å². The molecular formula is C31H27FN4O4. The quantitative estimate of drug-likeness (QED) is 0.245. The minimum absolute atomic E-state index is 0.0170. The Balaban J connectivity index is 1.34. The Morgan fingerprint density at radius 1 is 0.900 bits per heavy atom. The van der Waals surface area contributed by atoms with Crippen molar-refractivity contribution in [1.82, 2.24) is 4.98 Å². The maximum absolute atomic E-state index is 14.0. The van der Waals surface area contributed by atoms with Crippen molar-refractivity contribution >= 4 is 29.2 Å². The summed E-state index contributed by atoms with van der Waals surface area (Å²) in [7, 11) is 0. The molecule has 9 heteroatoms.